The average molecular weight is 402 g/mol. The molecule has 4 rings (SSSR count). The fourth-order valence-corrected chi connectivity index (χ4v) is 6.35. The Labute approximate surface area is 174 Å². The fraction of sp³-hybridized carbons (Fsp3) is 0.696. The SMILES string of the molecule is CCC1C(N2CCC(N(CCO)c3ccccc3)CC2)CC12CCN(C(=O)O)C2. The number of amides is 1. The van der Waals surface area contributed by atoms with Crippen molar-refractivity contribution in [2.75, 3.05) is 44.2 Å². The largest absolute Gasteiger partial charge is 0.465 e. The van der Waals surface area contributed by atoms with E-state index in [4.69, 9.17) is 0 Å². The number of anilines is 1. The molecule has 160 valence electrons. The number of aliphatic hydroxyl groups excluding tert-OH is 1. The second kappa shape index (κ2) is 8.52. The van der Waals surface area contributed by atoms with Gasteiger partial charge in [-0.3, -0.25) is 4.90 Å². The van der Waals surface area contributed by atoms with Crippen molar-refractivity contribution in [3.8, 4) is 0 Å². The van der Waals surface area contributed by atoms with Crippen LogP contribution < -0.4 is 4.90 Å². The molecule has 6 nitrogen and oxygen atoms in total. The van der Waals surface area contributed by atoms with Crippen LogP contribution in [0, 0.1) is 11.3 Å². The molecule has 2 aliphatic heterocycles. The molecular weight excluding hydrogens is 366 g/mol. The maximum Gasteiger partial charge on any atom is 0.407 e. The van der Waals surface area contributed by atoms with Gasteiger partial charge in [0.25, 0.3) is 0 Å². The lowest BCUT2D eigenvalue weighted by Gasteiger charge is -2.58. The predicted molar refractivity (Wildman–Crippen MR) is 114 cm³/mol. The molecule has 2 heterocycles. The van der Waals surface area contributed by atoms with Crippen LogP contribution in [0.4, 0.5) is 10.5 Å². The highest BCUT2D eigenvalue weighted by Crippen LogP contribution is 2.56. The number of carbonyl (C=O) groups is 1. The van der Waals surface area contributed by atoms with Crippen molar-refractivity contribution >= 4 is 11.8 Å². The number of hydrogen-bond acceptors (Lipinski definition) is 4. The van der Waals surface area contributed by atoms with Gasteiger partial charge in [0.15, 0.2) is 0 Å². The summed E-state index contributed by atoms with van der Waals surface area (Å²) in [6.07, 6.45) is 4.80. The molecule has 2 saturated heterocycles. The van der Waals surface area contributed by atoms with Crippen LogP contribution in [-0.2, 0) is 0 Å². The Hall–Kier alpha value is -1.79. The van der Waals surface area contributed by atoms with E-state index >= 15 is 0 Å². The molecule has 3 atom stereocenters. The molecule has 3 unspecified atom stereocenters. The third-order valence-corrected chi connectivity index (χ3v) is 7.80. The minimum absolute atomic E-state index is 0.179. The van der Waals surface area contributed by atoms with Crippen molar-refractivity contribution in [3.63, 3.8) is 0 Å². The van der Waals surface area contributed by atoms with Gasteiger partial charge >= 0.3 is 6.09 Å². The van der Waals surface area contributed by atoms with Gasteiger partial charge in [-0.1, -0.05) is 31.5 Å². The second-order valence-corrected chi connectivity index (χ2v) is 9.12. The van der Waals surface area contributed by atoms with Crippen molar-refractivity contribution in [1.82, 2.24) is 9.80 Å². The van der Waals surface area contributed by atoms with E-state index in [1.165, 1.54) is 5.69 Å². The topological polar surface area (TPSA) is 67.2 Å². The summed E-state index contributed by atoms with van der Waals surface area (Å²) in [6, 6.07) is 11.5. The number of para-hydroxylation sites is 1. The average Bonchev–Trinajstić information content (AvgIpc) is 3.19. The summed E-state index contributed by atoms with van der Waals surface area (Å²) in [4.78, 5) is 18.0. The lowest BCUT2D eigenvalue weighted by molar-refractivity contribution is -0.0774. The molecule has 6 heteroatoms. The van der Waals surface area contributed by atoms with E-state index in [0.29, 0.717) is 31.1 Å². The first-order chi connectivity index (χ1) is 14.1. The summed E-state index contributed by atoms with van der Waals surface area (Å²) in [5, 5.41) is 18.9. The number of carboxylic acid groups (broad SMARTS) is 1. The van der Waals surface area contributed by atoms with Crippen LogP contribution in [0.25, 0.3) is 0 Å². The smallest absolute Gasteiger partial charge is 0.407 e. The van der Waals surface area contributed by atoms with Gasteiger partial charge in [0.1, 0.15) is 0 Å². The Kier molecular flexibility index (Phi) is 6.02. The van der Waals surface area contributed by atoms with E-state index < -0.39 is 6.09 Å². The first-order valence-corrected chi connectivity index (χ1v) is 11.2. The number of nitrogens with zero attached hydrogens (tertiary/aromatic N) is 3. The van der Waals surface area contributed by atoms with Crippen LogP contribution in [0.5, 0.6) is 0 Å². The Morgan fingerprint density at radius 2 is 1.93 bits per heavy atom. The van der Waals surface area contributed by atoms with Gasteiger partial charge in [0.2, 0.25) is 0 Å². The van der Waals surface area contributed by atoms with E-state index in [0.717, 1.165) is 51.7 Å². The van der Waals surface area contributed by atoms with E-state index in [9.17, 15) is 15.0 Å². The van der Waals surface area contributed by atoms with Gasteiger partial charge in [0.05, 0.1) is 6.61 Å². The van der Waals surface area contributed by atoms with E-state index in [2.05, 4.69) is 41.0 Å². The molecule has 0 aromatic heterocycles. The van der Waals surface area contributed by atoms with Crippen molar-refractivity contribution in [2.24, 2.45) is 11.3 Å². The summed E-state index contributed by atoms with van der Waals surface area (Å²) in [7, 11) is 0. The molecule has 0 radical (unpaired) electrons. The van der Waals surface area contributed by atoms with Gasteiger partial charge < -0.3 is 20.0 Å². The Bertz CT molecular complexity index is 692. The fourth-order valence-electron chi connectivity index (χ4n) is 6.35. The molecule has 1 amide bonds. The Morgan fingerprint density at radius 3 is 2.52 bits per heavy atom. The predicted octanol–water partition coefficient (Wildman–Crippen LogP) is 3.12. The molecule has 1 aromatic rings. The number of hydrogen-bond donors (Lipinski definition) is 2. The highest BCUT2D eigenvalue weighted by Gasteiger charge is 2.57. The molecule has 3 fully saturated rings. The number of rotatable bonds is 6. The standard InChI is InChI=1S/C23H35N3O3/c1-2-20-21(16-23(20)10-13-25(17-23)22(28)29)24-11-8-19(9-12-24)26(14-15-27)18-6-4-3-5-7-18/h3-7,19-21,27H,2,8-17H2,1H3,(H,28,29). The van der Waals surface area contributed by atoms with Crippen LogP contribution in [0.1, 0.15) is 39.0 Å². The van der Waals surface area contributed by atoms with E-state index in [1.54, 1.807) is 4.90 Å². The minimum Gasteiger partial charge on any atom is -0.465 e. The summed E-state index contributed by atoms with van der Waals surface area (Å²) in [5.41, 5.74) is 1.43. The van der Waals surface area contributed by atoms with Crippen LogP contribution in [0.3, 0.4) is 0 Å². The van der Waals surface area contributed by atoms with E-state index in [1.807, 2.05) is 6.07 Å². The van der Waals surface area contributed by atoms with Crippen molar-refractivity contribution in [3.05, 3.63) is 30.3 Å². The number of likely N-dealkylation sites (tertiary alicyclic amines) is 2. The normalized spacial score (nSPS) is 30.5. The van der Waals surface area contributed by atoms with Gasteiger partial charge in [-0.25, -0.2) is 4.79 Å². The quantitative estimate of drug-likeness (QED) is 0.767. The zero-order valence-electron chi connectivity index (χ0n) is 17.5. The molecular formula is C23H35N3O3. The lowest BCUT2D eigenvalue weighted by atomic mass is 9.54. The molecule has 1 saturated carbocycles. The highest BCUT2D eigenvalue weighted by atomic mass is 16.4. The molecule has 2 N–H and O–H groups in total. The minimum atomic E-state index is -0.758. The van der Waals surface area contributed by atoms with Gasteiger partial charge in [-0.05, 0) is 49.1 Å². The molecule has 3 aliphatic rings. The van der Waals surface area contributed by atoms with Gasteiger partial charge in [0, 0.05) is 50.5 Å². The summed E-state index contributed by atoms with van der Waals surface area (Å²) in [6.45, 7) is 6.76. The molecule has 29 heavy (non-hydrogen) atoms. The number of aliphatic hydroxyl groups is 1. The second-order valence-electron chi connectivity index (χ2n) is 9.12. The maximum absolute atomic E-state index is 11.4. The zero-order chi connectivity index (χ0) is 20.4. The Balaban J connectivity index is 1.36. The van der Waals surface area contributed by atoms with Gasteiger partial charge in [-0.15, -0.1) is 0 Å². The molecule has 1 spiro atoms. The molecule has 0 bridgehead atoms. The molecule has 1 aliphatic carbocycles. The van der Waals surface area contributed by atoms with Crippen molar-refractivity contribution in [2.45, 2.75) is 51.1 Å². The number of piperidine rings is 1. The first-order valence-electron chi connectivity index (χ1n) is 11.2. The van der Waals surface area contributed by atoms with E-state index in [-0.39, 0.29) is 12.0 Å². The van der Waals surface area contributed by atoms with Crippen molar-refractivity contribution < 1.29 is 15.0 Å². The maximum atomic E-state index is 11.4. The third-order valence-electron chi connectivity index (χ3n) is 7.80. The lowest BCUT2D eigenvalue weighted by Crippen LogP contribution is -2.62. The number of benzene rings is 1. The summed E-state index contributed by atoms with van der Waals surface area (Å²) >= 11 is 0. The monoisotopic (exact) mass is 401 g/mol. The highest BCUT2D eigenvalue weighted by molar-refractivity contribution is 5.65. The van der Waals surface area contributed by atoms with Crippen LogP contribution in [0.15, 0.2) is 30.3 Å². The van der Waals surface area contributed by atoms with Crippen molar-refractivity contribution in [1.29, 1.82) is 0 Å². The third kappa shape index (κ3) is 3.84. The summed E-state index contributed by atoms with van der Waals surface area (Å²) < 4.78 is 0. The zero-order valence-corrected chi connectivity index (χ0v) is 17.5. The summed E-state index contributed by atoms with van der Waals surface area (Å²) in [5.74, 6) is 0.617. The van der Waals surface area contributed by atoms with Crippen LogP contribution in [-0.4, -0.2) is 77.5 Å². The van der Waals surface area contributed by atoms with Crippen LogP contribution >= 0.6 is 0 Å². The van der Waals surface area contributed by atoms with Gasteiger partial charge in [-0.2, -0.15) is 0 Å². The van der Waals surface area contributed by atoms with Crippen LogP contribution in [0.2, 0.25) is 0 Å². The molecule has 1 aromatic carbocycles. The Morgan fingerprint density at radius 1 is 1.21 bits per heavy atom. The first kappa shape index (κ1) is 20.5.